The summed E-state index contributed by atoms with van der Waals surface area (Å²) in [6, 6.07) is 7.11. The predicted octanol–water partition coefficient (Wildman–Crippen LogP) is 1.55. The summed E-state index contributed by atoms with van der Waals surface area (Å²) < 4.78 is 27.4. The number of hydrogen-bond acceptors (Lipinski definition) is 4. The van der Waals surface area contributed by atoms with Crippen LogP contribution in [0.1, 0.15) is 27.2 Å². The Kier molecular flexibility index (Phi) is 4.60. The standard InChI is InChI=1S/C15H25N3O2S/c1-4-9-17-21(19,20)14-8-6-5-7-13(14)18-10-15(16,11-18)12(2)3/h5-8,12,17H,4,9-11,16H2,1-3H3. The minimum Gasteiger partial charge on any atom is -0.367 e. The van der Waals surface area contributed by atoms with Gasteiger partial charge in [-0.3, -0.25) is 0 Å². The minimum absolute atomic E-state index is 0.228. The van der Waals surface area contributed by atoms with Gasteiger partial charge in [0.2, 0.25) is 10.0 Å². The molecule has 1 saturated heterocycles. The predicted molar refractivity (Wildman–Crippen MR) is 85.9 cm³/mol. The fourth-order valence-corrected chi connectivity index (χ4v) is 3.82. The number of para-hydroxylation sites is 1. The number of nitrogens with one attached hydrogen (secondary N) is 1. The van der Waals surface area contributed by atoms with E-state index in [9.17, 15) is 8.42 Å². The van der Waals surface area contributed by atoms with E-state index in [4.69, 9.17) is 5.73 Å². The van der Waals surface area contributed by atoms with E-state index in [2.05, 4.69) is 18.6 Å². The average Bonchev–Trinajstić information content (AvgIpc) is 2.41. The van der Waals surface area contributed by atoms with Crippen LogP contribution in [0.15, 0.2) is 29.2 Å². The van der Waals surface area contributed by atoms with Crippen LogP contribution in [-0.4, -0.2) is 33.6 Å². The largest absolute Gasteiger partial charge is 0.367 e. The van der Waals surface area contributed by atoms with Gasteiger partial charge < -0.3 is 10.6 Å². The summed E-state index contributed by atoms with van der Waals surface area (Å²) in [5.41, 5.74) is 6.82. The molecule has 21 heavy (non-hydrogen) atoms. The summed E-state index contributed by atoms with van der Waals surface area (Å²) in [5.74, 6) is 0.371. The molecule has 6 heteroatoms. The van der Waals surface area contributed by atoms with Gasteiger partial charge in [0.25, 0.3) is 0 Å². The summed E-state index contributed by atoms with van der Waals surface area (Å²) in [6.07, 6.45) is 0.768. The Balaban J connectivity index is 2.24. The topological polar surface area (TPSA) is 75.4 Å². The zero-order valence-electron chi connectivity index (χ0n) is 13.0. The maximum absolute atomic E-state index is 12.4. The molecule has 0 amide bonds. The van der Waals surface area contributed by atoms with Crippen LogP contribution in [0.2, 0.25) is 0 Å². The van der Waals surface area contributed by atoms with E-state index in [1.165, 1.54) is 0 Å². The van der Waals surface area contributed by atoms with Crippen molar-refractivity contribution in [3.05, 3.63) is 24.3 Å². The van der Waals surface area contributed by atoms with Crippen LogP contribution in [0, 0.1) is 5.92 Å². The Bertz CT molecular complexity index is 593. The van der Waals surface area contributed by atoms with Crippen LogP contribution >= 0.6 is 0 Å². The molecule has 0 aromatic heterocycles. The summed E-state index contributed by atoms with van der Waals surface area (Å²) in [4.78, 5) is 2.38. The molecule has 0 aliphatic carbocycles. The SMILES string of the molecule is CCCNS(=O)(=O)c1ccccc1N1CC(N)(C(C)C)C1. The molecule has 0 bridgehead atoms. The van der Waals surface area contributed by atoms with Gasteiger partial charge in [0, 0.05) is 19.6 Å². The normalized spacial score (nSPS) is 17.9. The lowest BCUT2D eigenvalue weighted by atomic mass is 9.80. The van der Waals surface area contributed by atoms with Gasteiger partial charge in [-0.25, -0.2) is 13.1 Å². The molecule has 1 heterocycles. The molecule has 5 nitrogen and oxygen atoms in total. The first kappa shape index (κ1) is 16.3. The molecule has 118 valence electrons. The van der Waals surface area contributed by atoms with E-state index in [1.54, 1.807) is 12.1 Å². The number of benzene rings is 1. The van der Waals surface area contributed by atoms with Gasteiger partial charge in [-0.1, -0.05) is 32.9 Å². The molecule has 1 aliphatic rings. The van der Waals surface area contributed by atoms with Crippen molar-refractivity contribution >= 4 is 15.7 Å². The van der Waals surface area contributed by atoms with Crippen molar-refractivity contribution < 1.29 is 8.42 Å². The van der Waals surface area contributed by atoms with Crippen molar-refractivity contribution in [3.63, 3.8) is 0 Å². The number of anilines is 1. The minimum atomic E-state index is -3.46. The molecular weight excluding hydrogens is 286 g/mol. The molecule has 1 aliphatic heterocycles. The van der Waals surface area contributed by atoms with E-state index < -0.39 is 10.0 Å². The second kappa shape index (κ2) is 5.94. The lowest BCUT2D eigenvalue weighted by molar-refractivity contribution is 0.244. The molecule has 0 saturated carbocycles. The molecule has 1 aromatic rings. The van der Waals surface area contributed by atoms with Gasteiger partial charge in [0.05, 0.1) is 11.2 Å². The lowest BCUT2D eigenvalue weighted by Crippen LogP contribution is -2.70. The Morgan fingerprint density at radius 2 is 1.95 bits per heavy atom. The number of sulfonamides is 1. The van der Waals surface area contributed by atoms with Gasteiger partial charge in [-0.2, -0.15) is 0 Å². The summed E-state index contributed by atoms with van der Waals surface area (Å²) in [6.45, 7) is 7.96. The van der Waals surface area contributed by atoms with Crippen LogP contribution < -0.4 is 15.4 Å². The molecule has 0 atom stereocenters. The van der Waals surface area contributed by atoms with Gasteiger partial charge in [-0.05, 0) is 24.5 Å². The quantitative estimate of drug-likeness (QED) is 0.836. The maximum atomic E-state index is 12.4. The van der Waals surface area contributed by atoms with Crippen molar-refractivity contribution in [3.8, 4) is 0 Å². The van der Waals surface area contributed by atoms with Gasteiger partial charge >= 0.3 is 0 Å². The third-order valence-electron chi connectivity index (χ3n) is 4.16. The third kappa shape index (κ3) is 3.22. The first-order valence-corrected chi connectivity index (χ1v) is 8.91. The number of nitrogens with zero attached hydrogens (tertiary/aromatic N) is 1. The highest BCUT2D eigenvalue weighted by Gasteiger charge is 2.43. The third-order valence-corrected chi connectivity index (χ3v) is 5.67. The first-order chi connectivity index (χ1) is 9.80. The van der Waals surface area contributed by atoms with Crippen molar-refractivity contribution in [2.75, 3.05) is 24.5 Å². The van der Waals surface area contributed by atoms with Crippen molar-refractivity contribution in [1.29, 1.82) is 0 Å². The summed E-state index contributed by atoms with van der Waals surface area (Å²) in [5, 5.41) is 0. The fourth-order valence-electron chi connectivity index (χ4n) is 2.46. The van der Waals surface area contributed by atoms with Crippen molar-refractivity contribution in [2.24, 2.45) is 11.7 Å². The molecular formula is C15H25N3O2S. The Morgan fingerprint density at radius 1 is 1.33 bits per heavy atom. The molecule has 2 rings (SSSR count). The van der Waals surface area contributed by atoms with Crippen LogP contribution in [0.5, 0.6) is 0 Å². The number of rotatable bonds is 6. The lowest BCUT2D eigenvalue weighted by Gasteiger charge is -2.52. The highest BCUT2D eigenvalue weighted by Crippen LogP contribution is 2.34. The van der Waals surface area contributed by atoms with Crippen LogP contribution in [-0.2, 0) is 10.0 Å². The van der Waals surface area contributed by atoms with Crippen LogP contribution in [0.3, 0.4) is 0 Å². The van der Waals surface area contributed by atoms with Crippen molar-refractivity contribution in [1.82, 2.24) is 4.72 Å². The molecule has 1 aromatic carbocycles. The van der Waals surface area contributed by atoms with Gasteiger partial charge in [-0.15, -0.1) is 0 Å². The van der Waals surface area contributed by atoms with Gasteiger partial charge in [0.1, 0.15) is 4.90 Å². The van der Waals surface area contributed by atoms with Crippen LogP contribution in [0.25, 0.3) is 0 Å². The smallest absolute Gasteiger partial charge is 0.242 e. The number of nitrogens with two attached hydrogens (primary N) is 1. The summed E-state index contributed by atoms with van der Waals surface area (Å²) in [7, 11) is -3.46. The monoisotopic (exact) mass is 311 g/mol. The van der Waals surface area contributed by atoms with E-state index in [0.717, 1.165) is 12.1 Å². The highest BCUT2D eigenvalue weighted by atomic mass is 32.2. The maximum Gasteiger partial charge on any atom is 0.242 e. The molecule has 0 unspecified atom stereocenters. The molecule has 3 N–H and O–H groups in total. The number of hydrogen-bond donors (Lipinski definition) is 2. The zero-order chi connectivity index (χ0) is 15.7. The zero-order valence-corrected chi connectivity index (χ0v) is 13.8. The first-order valence-electron chi connectivity index (χ1n) is 7.42. The second-order valence-corrected chi connectivity index (χ2v) is 7.84. The highest BCUT2D eigenvalue weighted by molar-refractivity contribution is 7.89. The Morgan fingerprint density at radius 3 is 2.52 bits per heavy atom. The average molecular weight is 311 g/mol. The molecule has 0 spiro atoms. The Hall–Kier alpha value is -1.11. The van der Waals surface area contributed by atoms with Crippen LogP contribution in [0.4, 0.5) is 5.69 Å². The summed E-state index contributed by atoms with van der Waals surface area (Å²) >= 11 is 0. The molecule has 1 fully saturated rings. The van der Waals surface area contributed by atoms with E-state index in [-0.39, 0.29) is 5.54 Å². The van der Waals surface area contributed by atoms with E-state index in [1.807, 2.05) is 24.0 Å². The molecule has 0 radical (unpaired) electrons. The fraction of sp³-hybridized carbons (Fsp3) is 0.600. The van der Waals surface area contributed by atoms with Crippen molar-refractivity contribution in [2.45, 2.75) is 37.6 Å². The van der Waals surface area contributed by atoms with Gasteiger partial charge in [0.15, 0.2) is 0 Å². The van der Waals surface area contributed by atoms with E-state index in [0.29, 0.717) is 30.4 Å². The Labute approximate surface area is 127 Å². The second-order valence-electron chi connectivity index (χ2n) is 6.11. The van der Waals surface area contributed by atoms with E-state index >= 15 is 0 Å².